The summed E-state index contributed by atoms with van der Waals surface area (Å²) in [4.78, 5) is 2.45. The van der Waals surface area contributed by atoms with Gasteiger partial charge in [0.25, 0.3) is 0 Å². The van der Waals surface area contributed by atoms with E-state index in [-0.39, 0.29) is 17.2 Å². The van der Waals surface area contributed by atoms with Gasteiger partial charge in [-0.2, -0.15) is 0 Å². The number of nitrogens with zero attached hydrogens (tertiary/aromatic N) is 1. The lowest BCUT2D eigenvalue weighted by Gasteiger charge is -2.37. The van der Waals surface area contributed by atoms with E-state index in [2.05, 4.69) is 106 Å². The van der Waals surface area contributed by atoms with E-state index >= 15 is 0 Å². The van der Waals surface area contributed by atoms with E-state index in [1.165, 1.54) is 11.1 Å². The standard InChI is InChI=1S/C27H43NO2Si/c1-7-26(29)25(19-14-20-30-31(5,6)27(2,3)4)28(21-23-15-10-8-11-16-23)22-24-17-12-9-13-18-24/h8-13,15-18,25-26,29H,7,14,19-22H2,1-6H3/t25-,26+/m0/s1. The van der Waals surface area contributed by atoms with Crippen LogP contribution < -0.4 is 0 Å². The third-order valence-electron chi connectivity index (χ3n) is 6.70. The number of rotatable bonds is 12. The molecule has 3 nitrogen and oxygen atoms in total. The Hall–Kier alpha value is -1.46. The minimum atomic E-state index is -1.74. The first-order chi connectivity index (χ1) is 14.6. The lowest BCUT2D eigenvalue weighted by atomic mass is 9.99. The molecule has 0 heterocycles. The largest absolute Gasteiger partial charge is 0.417 e. The van der Waals surface area contributed by atoms with Gasteiger partial charge in [-0.1, -0.05) is 88.4 Å². The molecule has 1 N–H and O–H groups in total. The fraction of sp³-hybridized carbons (Fsp3) is 0.556. The summed E-state index contributed by atoms with van der Waals surface area (Å²) in [5.41, 5.74) is 2.56. The lowest BCUT2D eigenvalue weighted by molar-refractivity contribution is 0.0291. The van der Waals surface area contributed by atoms with Gasteiger partial charge in [0.15, 0.2) is 8.32 Å². The molecule has 0 aliphatic rings. The van der Waals surface area contributed by atoms with Crippen LogP contribution in [0.4, 0.5) is 0 Å². The predicted octanol–water partition coefficient (Wildman–Crippen LogP) is 6.63. The molecule has 2 atom stereocenters. The first-order valence-electron chi connectivity index (χ1n) is 11.8. The Kier molecular flexibility index (Phi) is 9.95. The van der Waals surface area contributed by atoms with E-state index in [0.29, 0.717) is 0 Å². The minimum Gasteiger partial charge on any atom is -0.417 e. The van der Waals surface area contributed by atoms with E-state index in [1.54, 1.807) is 0 Å². The maximum absolute atomic E-state index is 11.0. The van der Waals surface area contributed by atoms with Gasteiger partial charge in [0.05, 0.1) is 6.10 Å². The highest BCUT2D eigenvalue weighted by Crippen LogP contribution is 2.36. The highest BCUT2D eigenvalue weighted by Gasteiger charge is 2.37. The topological polar surface area (TPSA) is 32.7 Å². The Labute approximate surface area is 191 Å². The summed E-state index contributed by atoms with van der Waals surface area (Å²) in [5.74, 6) is 0. The summed E-state index contributed by atoms with van der Waals surface area (Å²) in [6.07, 6.45) is 2.31. The molecule has 2 aromatic carbocycles. The van der Waals surface area contributed by atoms with Gasteiger partial charge in [0, 0.05) is 25.7 Å². The van der Waals surface area contributed by atoms with Crippen LogP contribution in [0, 0.1) is 0 Å². The summed E-state index contributed by atoms with van der Waals surface area (Å²) in [6.45, 7) is 16.0. The molecule has 0 unspecified atom stereocenters. The van der Waals surface area contributed by atoms with Gasteiger partial charge in [-0.15, -0.1) is 0 Å². The molecule has 0 spiro atoms. The van der Waals surface area contributed by atoms with Crippen molar-refractivity contribution in [2.45, 2.75) is 90.3 Å². The first kappa shape index (κ1) is 25.8. The van der Waals surface area contributed by atoms with Crippen LogP contribution in [-0.2, 0) is 17.5 Å². The Morgan fingerprint density at radius 2 is 1.39 bits per heavy atom. The number of hydrogen-bond acceptors (Lipinski definition) is 3. The molecule has 0 saturated heterocycles. The average Bonchev–Trinajstić information content (AvgIpc) is 2.73. The molecule has 2 rings (SSSR count). The van der Waals surface area contributed by atoms with Crippen LogP contribution in [0.2, 0.25) is 18.1 Å². The zero-order valence-corrected chi connectivity index (χ0v) is 21.5. The van der Waals surface area contributed by atoms with Crippen molar-refractivity contribution < 1.29 is 9.53 Å². The maximum atomic E-state index is 11.0. The van der Waals surface area contributed by atoms with Crippen LogP contribution in [0.3, 0.4) is 0 Å². The Bertz CT molecular complexity index is 701. The zero-order chi connectivity index (χ0) is 22.9. The molecule has 0 aliphatic heterocycles. The van der Waals surface area contributed by atoms with E-state index < -0.39 is 8.32 Å². The second-order valence-corrected chi connectivity index (χ2v) is 15.0. The monoisotopic (exact) mass is 441 g/mol. The van der Waals surface area contributed by atoms with Crippen LogP contribution in [0.25, 0.3) is 0 Å². The third kappa shape index (κ3) is 8.19. The lowest BCUT2D eigenvalue weighted by Crippen LogP contribution is -2.44. The quantitative estimate of drug-likeness (QED) is 0.296. The molecule has 0 radical (unpaired) electrons. The zero-order valence-electron chi connectivity index (χ0n) is 20.5. The van der Waals surface area contributed by atoms with Crippen molar-refractivity contribution in [2.75, 3.05) is 6.61 Å². The molecule has 31 heavy (non-hydrogen) atoms. The first-order valence-corrected chi connectivity index (χ1v) is 14.7. The van der Waals surface area contributed by atoms with Crippen LogP contribution in [0.15, 0.2) is 60.7 Å². The molecule has 0 bridgehead atoms. The highest BCUT2D eigenvalue weighted by molar-refractivity contribution is 6.74. The van der Waals surface area contributed by atoms with Crippen molar-refractivity contribution in [1.82, 2.24) is 4.90 Å². The van der Waals surface area contributed by atoms with Gasteiger partial charge in [-0.3, -0.25) is 4.90 Å². The summed E-state index contributed by atoms with van der Waals surface area (Å²) < 4.78 is 6.41. The molecule has 0 aromatic heterocycles. The van der Waals surface area contributed by atoms with Crippen LogP contribution in [-0.4, -0.2) is 37.1 Å². The normalized spacial score (nSPS) is 14.6. The fourth-order valence-corrected chi connectivity index (χ4v) is 4.74. The molecule has 0 amide bonds. The SMILES string of the molecule is CC[C@@H](O)[C@H](CCCO[Si](C)(C)C(C)(C)C)N(Cc1ccccc1)Cc1ccccc1. The van der Waals surface area contributed by atoms with E-state index in [0.717, 1.165) is 39.0 Å². The number of hydrogen-bond donors (Lipinski definition) is 1. The molecule has 4 heteroatoms. The maximum Gasteiger partial charge on any atom is 0.191 e. The third-order valence-corrected chi connectivity index (χ3v) is 11.2. The summed E-state index contributed by atoms with van der Waals surface area (Å²) in [6, 6.07) is 21.3. The van der Waals surface area contributed by atoms with Gasteiger partial charge in [0.2, 0.25) is 0 Å². The minimum absolute atomic E-state index is 0.105. The van der Waals surface area contributed by atoms with E-state index in [4.69, 9.17) is 4.43 Å². The van der Waals surface area contributed by atoms with Crippen LogP contribution in [0.1, 0.15) is 58.1 Å². The molecule has 2 aromatic rings. The molecule has 0 aliphatic carbocycles. The van der Waals surface area contributed by atoms with Gasteiger partial charge in [0.1, 0.15) is 0 Å². The van der Waals surface area contributed by atoms with Crippen molar-refractivity contribution in [3.05, 3.63) is 71.8 Å². The highest BCUT2D eigenvalue weighted by atomic mass is 28.4. The van der Waals surface area contributed by atoms with Crippen molar-refractivity contribution in [3.8, 4) is 0 Å². The molecule has 172 valence electrons. The van der Waals surface area contributed by atoms with Gasteiger partial charge < -0.3 is 9.53 Å². The van der Waals surface area contributed by atoms with Gasteiger partial charge in [-0.05, 0) is 48.5 Å². The summed E-state index contributed by atoms with van der Waals surface area (Å²) in [7, 11) is -1.74. The fourth-order valence-electron chi connectivity index (χ4n) is 3.65. The Morgan fingerprint density at radius 1 is 0.903 bits per heavy atom. The Morgan fingerprint density at radius 3 is 1.81 bits per heavy atom. The van der Waals surface area contributed by atoms with Gasteiger partial charge in [-0.25, -0.2) is 0 Å². The summed E-state index contributed by atoms with van der Waals surface area (Å²) in [5, 5.41) is 11.2. The summed E-state index contributed by atoms with van der Waals surface area (Å²) >= 11 is 0. The van der Waals surface area contributed by atoms with Crippen molar-refractivity contribution in [1.29, 1.82) is 0 Å². The molecule has 0 fully saturated rings. The number of benzene rings is 2. The Balaban J connectivity index is 2.12. The second-order valence-electron chi connectivity index (χ2n) is 10.2. The van der Waals surface area contributed by atoms with E-state index in [9.17, 15) is 5.11 Å². The van der Waals surface area contributed by atoms with Crippen molar-refractivity contribution in [3.63, 3.8) is 0 Å². The average molecular weight is 442 g/mol. The van der Waals surface area contributed by atoms with Crippen molar-refractivity contribution in [2.24, 2.45) is 0 Å². The molecular weight excluding hydrogens is 398 g/mol. The van der Waals surface area contributed by atoms with Gasteiger partial charge >= 0.3 is 0 Å². The van der Waals surface area contributed by atoms with Crippen molar-refractivity contribution >= 4 is 8.32 Å². The van der Waals surface area contributed by atoms with Crippen LogP contribution >= 0.6 is 0 Å². The number of aliphatic hydroxyl groups excluding tert-OH is 1. The molecule has 0 saturated carbocycles. The second kappa shape index (κ2) is 12.0. The number of aliphatic hydroxyl groups is 1. The van der Waals surface area contributed by atoms with Crippen LogP contribution in [0.5, 0.6) is 0 Å². The predicted molar refractivity (Wildman–Crippen MR) is 135 cm³/mol. The van der Waals surface area contributed by atoms with E-state index in [1.807, 2.05) is 0 Å². The smallest absolute Gasteiger partial charge is 0.191 e. The molecular formula is C27H43NO2Si.